The standard InChI is InChI=1S/C51H38N4/c1-34(2)53-48-30-29-37(54-44-25-13-9-21-38(44)39-22-10-14-26-45(39)54)31-42(48)51(35-17-5-3-6-18-35,36-19-7-4-8-20-36)43-32-50(52-33-49(43)53)55-46-27-15-11-23-40(46)41-24-12-16-28-47(41)55/h3-34H,1-2H3. The molecule has 0 fully saturated rings. The summed E-state index contributed by atoms with van der Waals surface area (Å²) in [4.78, 5) is 7.83. The Kier molecular flexibility index (Phi) is 6.93. The van der Waals surface area contributed by atoms with Crippen molar-refractivity contribution in [3.63, 3.8) is 0 Å². The summed E-state index contributed by atoms with van der Waals surface area (Å²) < 4.78 is 4.78. The molecule has 4 heteroatoms. The molecule has 1 aliphatic heterocycles. The number of aromatic nitrogens is 3. The molecule has 4 heterocycles. The van der Waals surface area contributed by atoms with Gasteiger partial charge in [-0.25, -0.2) is 4.98 Å². The van der Waals surface area contributed by atoms with Gasteiger partial charge in [-0.1, -0.05) is 133 Å². The van der Waals surface area contributed by atoms with Gasteiger partial charge in [-0.05, 0) is 79.1 Å². The number of anilines is 2. The number of para-hydroxylation sites is 4. The summed E-state index contributed by atoms with van der Waals surface area (Å²) in [5, 5.41) is 4.95. The average Bonchev–Trinajstić information content (AvgIpc) is 3.76. The Balaban J connectivity index is 1.29. The summed E-state index contributed by atoms with van der Waals surface area (Å²) in [7, 11) is 0. The third-order valence-corrected chi connectivity index (χ3v) is 11.8. The van der Waals surface area contributed by atoms with Gasteiger partial charge in [-0.2, -0.15) is 0 Å². The predicted octanol–water partition coefficient (Wildman–Crippen LogP) is 12.5. The van der Waals surface area contributed by atoms with Crippen LogP contribution in [0.2, 0.25) is 0 Å². The van der Waals surface area contributed by atoms with E-state index in [0.717, 1.165) is 28.2 Å². The van der Waals surface area contributed by atoms with Crippen molar-refractivity contribution < 1.29 is 0 Å². The van der Waals surface area contributed by atoms with E-state index in [2.05, 4.69) is 216 Å². The Bertz CT molecular complexity index is 2770. The minimum atomic E-state index is -0.677. The highest BCUT2D eigenvalue weighted by Gasteiger charge is 2.47. The number of nitrogens with zero attached hydrogens (tertiary/aromatic N) is 4. The van der Waals surface area contributed by atoms with Crippen molar-refractivity contribution in [2.45, 2.75) is 25.3 Å². The molecule has 0 saturated heterocycles. The van der Waals surface area contributed by atoms with E-state index in [1.807, 2.05) is 0 Å². The quantitative estimate of drug-likeness (QED) is 0.178. The van der Waals surface area contributed by atoms with Gasteiger partial charge in [0, 0.05) is 44.5 Å². The van der Waals surface area contributed by atoms with E-state index in [4.69, 9.17) is 4.98 Å². The van der Waals surface area contributed by atoms with Crippen LogP contribution in [-0.4, -0.2) is 20.2 Å². The molecular weight excluding hydrogens is 669 g/mol. The molecule has 0 aliphatic carbocycles. The van der Waals surface area contributed by atoms with Gasteiger partial charge in [0.1, 0.15) is 5.82 Å². The fraction of sp³-hybridized carbons (Fsp3) is 0.0784. The molecule has 4 nitrogen and oxygen atoms in total. The van der Waals surface area contributed by atoms with Crippen molar-refractivity contribution in [1.82, 2.24) is 14.1 Å². The third kappa shape index (κ3) is 4.43. The van der Waals surface area contributed by atoms with Gasteiger partial charge >= 0.3 is 0 Å². The normalized spacial score (nSPS) is 13.5. The van der Waals surface area contributed by atoms with Crippen LogP contribution in [0.1, 0.15) is 36.1 Å². The van der Waals surface area contributed by atoms with Crippen molar-refractivity contribution in [3.05, 3.63) is 210 Å². The number of hydrogen-bond donors (Lipinski definition) is 0. The maximum atomic E-state index is 5.34. The number of fused-ring (bicyclic) bond motifs is 8. The SMILES string of the molecule is CC(C)N1c2ccc(-n3c4ccccc4c4ccccc43)cc2C(c2ccccc2)(c2ccccc2)c2cc(-n3c4ccccc4c4ccccc43)ncc21. The third-order valence-electron chi connectivity index (χ3n) is 11.8. The Morgan fingerprint density at radius 1 is 0.436 bits per heavy atom. The minimum absolute atomic E-state index is 0.169. The number of hydrogen-bond acceptors (Lipinski definition) is 2. The molecule has 1 aliphatic rings. The maximum absolute atomic E-state index is 5.34. The zero-order chi connectivity index (χ0) is 36.7. The van der Waals surface area contributed by atoms with Gasteiger partial charge in [0.15, 0.2) is 0 Å². The van der Waals surface area contributed by atoms with E-state index in [1.165, 1.54) is 60.5 Å². The lowest BCUT2D eigenvalue weighted by Crippen LogP contribution is -2.41. The van der Waals surface area contributed by atoms with Crippen LogP contribution < -0.4 is 4.90 Å². The van der Waals surface area contributed by atoms with Gasteiger partial charge in [0.2, 0.25) is 0 Å². The van der Waals surface area contributed by atoms with Crippen LogP contribution in [0.15, 0.2) is 188 Å². The molecule has 0 unspecified atom stereocenters. The van der Waals surface area contributed by atoms with Crippen molar-refractivity contribution in [2.75, 3.05) is 4.90 Å². The molecule has 55 heavy (non-hydrogen) atoms. The largest absolute Gasteiger partial charge is 0.337 e. The summed E-state index contributed by atoms with van der Waals surface area (Å²) in [6.07, 6.45) is 2.12. The highest BCUT2D eigenvalue weighted by molar-refractivity contribution is 6.10. The molecule has 11 rings (SSSR count). The molecule has 7 aromatic carbocycles. The second kappa shape index (κ2) is 12.1. The van der Waals surface area contributed by atoms with E-state index in [-0.39, 0.29) is 6.04 Å². The molecule has 3 aromatic heterocycles. The Labute approximate surface area is 320 Å². The van der Waals surface area contributed by atoms with Crippen LogP contribution in [0, 0.1) is 0 Å². The van der Waals surface area contributed by atoms with E-state index in [0.29, 0.717) is 0 Å². The van der Waals surface area contributed by atoms with E-state index in [9.17, 15) is 0 Å². The summed E-state index contributed by atoms with van der Waals surface area (Å²) in [6.45, 7) is 4.57. The fourth-order valence-electron chi connectivity index (χ4n) is 9.59. The average molecular weight is 707 g/mol. The van der Waals surface area contributed by atoms with E-state index < -0.39 is 5.41 Å². The lowest BCUT2D eigenvalue weighted by molar-refractivity contribution is 0.683. The first kappa shape index (κ1) is 31.6. The highest BCUT2D eigenvalue weighted by Crippen LogP contribution is 2.57. The Hall–Kier alpha value is -6.91. The Morgan fingerprint density at radius 3 is 1.36 bits per heavy atom. The Morgan fingerprint density at radius 2 is 0.873 bits per heavy atom. The molecule has 262 valence electrons. The van der Waals surface area contributed by atoms with Crippen LogP contribution in [0.4, 0.5) is 11.4 Å². The predicted molar refractivity (Wildman–Crippen MR) is 228 cm³/mol. The monoisotopic (exact) mass is 706 g/mol. The lowest BCUT2D eigenvalue weighted by atomic mass is 9.62. The molecule has 0 atom stereocenters. The van der Waals surface area contributed by atoms with E-state index >= 15 is 0 Å². The van der Waals surface area contributed by atoms with Crippen LogP contribution in [0.5, 0.6) is 0 Å². The van der Waals surface area contributed by atoms with Crippen LogP contribution in [0.3, 0.4) is 0 Å². The molecule has 0 radical (unpaired) electrons. The van der Waals surface area contributed by atoms with Crippen molar-refractivity contribution >= 4 is 55.0 Å². The molecule has 10 aromatic rings. The maximum Gasteiger partial charge on any atom is 0.138 e. The smallest absolute Gasteiger partial charge is 0.138 e. The van der Waals surface area contributed by atoms with E-state index in [1.54, 1.807) is 0 Å². The lowest BCUT2D eigenvalue weighted by Gasteiger charge is -2.47. The van der Waals surface area contributed by atoms with Crippen molar-refractivity contribution in [3.8, 4) is 11.5 Å². The zero-order valence-electron chi connectivity index (χ0n) is 30.8. The number of benzene rings is 7. The zero-order valence-corrected chi connectivity index (χ0v) is 30.8. The topological polar surface area (TPSA) is 26.0 Å². The summed E-state index contributed by atoms with van der Waals surface area (Å²) in [6, 6.07) is 66.8. The minimum Gasteiger partial charge on any atom is -0.337 e. The molecule has 0 amide bonds. The number of rotatable bonds is 5. The second-order valence-corrected chi connectivity index (χ2v) is 14.9. The highest BCUT2D eigenvalue weighted by atomic mass is 15.2. The number of pyridine rings is 1. The first-order chi connectivity index (χ1) is 27.1. The first-order valence-electron chi connectivity index (χ1n) is 19.2. The fourth-order valence-corrected chi connectivity index (χ4v) is 9.59. The van der Waals surface area contributed by atoms with Crippen LogP contribution >= 0.6 is 0 Å². The summed E-state index contributed by atoms with van der Waals surface area (Å²) in [5.74, 6) is 0.901. The summed E-state index contributed by atoms with van der Waals surface area (Å²) >= 11 is 0. The molecular formula is C51H38N4. The second-order valence-electron chi connectivity index (χ2n) is 14.9. The van der Waals surface area contributed by atoms with Gasteiger partial charge in [0.25, 0.3) is 0 Å². The van der Waals surface area contributed by atoms with Crippen LogP contribution in [0.25, 0.3) is 55.1 Å². The molecule has 0 saturated carbocycles. The van der Waals surface area contributed by atoms with Gasteiger partial charge < -0.3 is 9.47 Å². The van der Waals surface area contributed by atoms with Gasteiger partial charge in [-0.3, -0.25) is 4.57 Å². The molecule has 0 N–H and O–H groups in total. The molecule has 0 spiro atoms. The molecule has 0 bridgehead atoms. The van der Waals surface area contributed by atoms with Crippen LogP contribution in [-0.2, 0) is 5.41 Å². The van der Waals surface area contributed by atoms with Gasteiger partial charge in [0.05, 0.1) is 39.4 Å². The van der Waals surface area contributed by atoms with Crippen molar-refractivity contribution in [1.29, 1.82) is 0 Å². The van der Waals surface area contributed by atoms with Crippen molar-refractivity contribution in [2.24, 2.45) is 0 Å². The summed E-state index contributed by atoms with van der Waals surface area (Å²) in [5.41, 5.74) is 12.3. The first-order valence-corrected chi connectivity index (χ1v) is 19.2. The van der Waals surface area contributed by atoms with Gasteiger partial charge in [-0.15, -0.1) is 0 Å².